The number of aromatic nitrogens is 1. The molecule has 14 heteroatoms. The first kappa shape index (κ1) is 34.8. The van der Waals surface area contributed by atoms with Crippen molar-refractivity contribution in [1.82, 2.24) is 10.3 Å². The highest BCUT2D eigenvalue weighted by Crippen LogP contribution is 2.41. The third-order valence-corrected chi connectivity index (χ3v) is 7.79. The molecule has 2 amide bonds. The number of carbonyl (C=O) groups is 2. The van der Waals surface area contributed by atoms with Crippen molar-refractivity contribution < 1.29 is 45.4 Å². The Bertz CT molecular complexity index is 1540. The summed E-state index contributed by atoms with van der Waals surface area (Å²) in [6.07, 6.45) is -8.90. The normalized spacial score (nSPS) is 17.2. The standard InChI is InChI=1S/C30H28F7N3O3.ClH/c1-15-7-19(31)5-6-20(15)21-11-24(22-12-39-26(42)23(22)14-41)38-13-25(21)40(4)27(43)28(2,3)16-8-17(29(32,33)34)10-18(9-16)30(35,36)37;/h5-11,13,22-23,41H,12,14H2,1-4H3,(H,39,42);1H. The van der Waals surface area contributed by atoms with Crippen LogP contribution in [-0.4, -0.2) is 42.1 Å². The molecular weight excluding hydrogens is 619 g/mol. The van der Waals surface area contributed by atoms with Gasteiger partial charge in [-0.3, -0.25) is 14.6 Å². The second-order valence-electron chi connectivity index (χ2n) is 11.0. The Morgan fingerprint density at radius 3 is 2.07 bits per heavy atom. The molecule has 238 valence electrons. The molecule has 2 unspecified atom stereocenters. The highest BCUT2D eigenvalue weighted by molar-refractivity contribution is 6.03. The van der Waals surface area contributed by atoms with Gasteiger partial charge in [-0.25, -0.2) is 4.39 Å². The Morgan fingerprint density at radius 2 is 1.55 bits per heavy atom. The van der Waals surface area contributed by atoms with Gasteiger partial charge in [-0.15, -0.1) is 12.4 Å². The molecule has 44 heavy (non-hydrogen) atoms. The number of nitrogens with one attached hydrogen (secondary N) is 1. The largest absolute Gasteiger partial charge is 0.416 e. The molecule has 0 bridgehead atoms. The van der Waals surface area contributed by atoms with E-state index in [0.29, 0.717) is 34.5 Å². The Labute approximate surface area is 254 Å². The zero-order valence-corrected chi connectivity index (χ0v) is 24.7. The summed E-state index contributed by atoms with van der Waals surface area (Å²) in [4.78, 5) is 31.5. The molecule has 1 aliphatic rings. The molecule has 2 heterocycles. The summed E-state index contributed by atoms with van der Waals surface area (Å²) >= 11 is 0. The summed E-state index contributed by atoms with van der Waals surface area (Å²) in [5.74, 6) is -3.07. The van der Waals surface area contributed by atoms with Gasteiger partial charge >= 0.3 is 12.4 Å². The number of benzene rings is 2. The van der Waals surface area contributed by atoms with Gasteiger partial charge in [0, 0.05) is 30.8 Å². The minimum atomic E-state index is -5.10. The van der Waals surface area contributed by atoms with Crippen LogP contribution in [0.1, 0.15) is 47.7 Å². The van der Waals surface area contributed by atoms with Crippen LogP contribution in [0.2, 0.25) is 0 Å². The molecule has 0 aliphatic carbocycles. The molecule has 2 atom stereocenters. The zero-order chi connectivity index (χ0) is 32.1. The molecule has 1 aromatic heterocycles. The molecule has 0 spiro atoms. The summed E-state index contributed by atoms with van der Waals surface area (Å²) in [6.45, 7) is 3.78. The van der Waals surface area contributed by atoms with Crippen molar-refractivity contribution in [1.29, 1.82) is 0 Å². The predicted molar refractivity (Wildman–Crippen MR) is 151 cm³/mol. The monoisotopic (exact) mass is 647 g/mol. The van der Waals surface area contributed by atoms with Crippen molar-refractivity contribution in [2.45, 2.75) is 44.5 Å². The van der Waals surface area contributed by atoms with Gasteiger partial charge in [0.05, 0.1) is 41.0 Å². The van der Waals surface area contributed by atoms with Gasteiger partial charge in [0.25, 0.3) is 0 Å². The van der Waals surface area contributed by atoms with E-state index in [1.165, 1.54) is 45.3 Å². The van der Waals surface area contributed by atoms with E-state index in [-0.39, 0.29) is 36.6 Å². The van der Waals surface area contributed by atoms with E-state index in [4.69, 9.17) is 0 Å². The number of alkyl halides is 6. The van der Waals surface area contributed by atoms with Crippen molar-refractivity contribution in [2.75, 3.05) is 25.1 Å². The Balaban J connectivity index is 0.00000529. The number of carbonyl (C=O) groups excluding carboxylic acids is 2. The summed E-state index contributed by atoms with van der Waals surface area (Å²) in [6, 6.07) is 6.51. The van der Waals surface area contributed by atoms with Crippen LogP contribution in [0, 0.1) is 18.7 Å². The zero-order valence-electron chi connectivity index (χ0n) is 23.9. The fraction of sp³-hybridized carbons (Fsp3) is 0.367. The topological polar surface area (TPSA) is 82.5 Å². The van der Waals surface area contributed by atoms with Gasteiger partial charge < -0.3 is 15.3 Å². The number of aliphatic hydroxyl groups is 1. The first-order valence-electron chi connectivity index (χ1n) is 13.1. The molecule has 3 aromatic rings. The second-order valence-corrected chi connectivity index (χ2v) is 11.0. The van der Waals surface area contributed by atoms with Crippen LogP contribution in [0.4, 0.5) is 36.4 Å². The Hall–Kier alpha value is -3.71. The number of aliphatic hydroxyl groups excluding tert-OH is 1. The van der Waals surface area contributed by atoms with Crippen molar-refractivity contribution in [2.24, 2.45) is 5.92 Å². The van der Waals surface area contributed by atoms with Crippen LogP contribution in [0.3, 0.4) is 0 Å². The minimum Gasteiger partial charge on any atom is -0.396 e. The Kier molecular flexibility index (Phi) is 9.76. The summed E-state index contributed by atoms with van der Waals surface area (Å²) < 4.78 is 95.3. The molecule has 0 saturated carbocycles. The highest BCUT2D eigenvalue weighted by Gasteiger charge is 2.42. The van der Waals surface area contributed by atoms with E-state index in [1.54, 1.807) is 13.0 Å². The first-order valence-corrected chi connectivity index (χ1v) is 13.1. The third kappa shape index (κ3) is 6.68. The first-order chi connectivity index (χ1) is 19.9. The minimum absolute atomic E-state index is 0. The van der Waals surface area contributed by atoms with E-state index in [0.717, 1.165) is 4.90 Å². The smallest absolute Gasteiger partial charge is 0.396 e. The average molecular weight is 648 g/mol. The summed E-state index contributed by atoms with van der Waals surface area (Å²) in [7, 11) is 1.30. The number of likely N-dealkylation sites (N-methyl/N-ethyl adjacent to an activating group) is 1. The van der Waals surface area contributed by atoms with E-state index in [2.05, 4.69) is 10.3 Å². The maximum atomic E-state index is 14.0. The van der Waals surface area contributed by atoms with Crippen LogP contribution in [0.15, 0.2) is 48.7 Å². The molecule has 0 radical (unpaired) electrons. The summed E-state index contributed by atoms with van der Waals surface area (Å²) in [5, 5.41) is 12.4. The lowest BCUT2D eigenvalue weighted by atomic mass is 9.81. The van der Waals surface area contributed by atoms with Gasteiger partial charge in [0.2, 0.25) is 11.8 Å². The lowest BCUT2D eigenvalue weighted by molar-refractivity contribution is -0.143. The number of amides is 2. The van der Waals surface area contributed by atoms with Crippen molar-refractivity contribution in [3.05, 3.63) is 82.4 Å². The number of hydrogen-bond acceptors (Lipinski definition) is 4. The van der Waals surface area contributed by atoms with E-state index in [9.17, 15) is 45.4 Å². The van der Waals surface area contributed by atoms with E-state index >= 15 is 0 Å². The molecule has 2 aromatic carbocycles. The van der Waals surface area contributed by atoms with Crippen LogP contribution in [-0.2, 0) is 27.4 Å². The molecule has 2 N–H and O–H groups in total. The number of aryl methyl sites for hydroxylation is 1. The number of hydrogen-bond donors (Lipinski definition) is 2. The number of halogens is 8. The van der Waals surface area contributed by atoms with E-state index < -0.39 is 64.6 Å². The number of anilines is 1. The molecule has 1 aliphatic heterocycles. The second kappa shape index (κ2) is 12.4. The number of rotatable bonds is 6. The van der Waals surface area contributed by atoms with Gasteiger partial charge in [-0.1, -0.05) is 6.07 Å². The fourth-order valence-electron chi connectivity index (χ4n) is 5.23. The molecule has 6 nitrogen and oxygen atoms in total. The van der Waals surface area contributed by atoms with Crippen LogP contribution in [0.25, 0.3) is 11.1 Å². The summed E-state index contributed by atoms with van der Waals surface area (Å²) in [5.41, 5.74) is -3.68. The lowest BCUT2D eigenvalue weighted by Crippen LogP contribution is -2.42. The number of nitrogens with zero attached hydrogens (tertiary/aromatic N) is 2. The van der Waals surface area contributed by atoms with Gasteiger partial charge in [-0.05, 0) is 73.9 Å². The van der Waals surface area contributed by atoms with E-state index in [1.807, 2.05) is 0 Å². The van der Waals surface area contributed by atoms with Gasteiger partial charge in [0.1, 0.15) is 5.82 Å². The maximum Gasteiger partial charge on any atom is 0.416 e. The fourth-order valence-corrected chi connectivity index (χ4v) is 5.23. The highest BCUT2D eigenvalue weighted by atomic mass is 35.5. The maximum absolute atomic E-state index is 14.0. The average Bonchev–Trinajstić information content (AvgIpc) is 3.31. The number of pyridine rings is 1. The van der Waals surface area contributed by atoms with Crippen molar-refractivity contribution in [3.8, 4) is 11.1 Å². The lowest BCUT2D eigenvalue weighted by Gasteiger charge is -2.32. The Morgan fingerprint density at radius 1 is 0.977 bits per heavy atom. The third-order valence-electron chi connectivity index (χ3n) is 7.79. The van der Waals surface area contributed by atoms with Gasteiger partial charge in [-0.2, -0.15) is 26.3 Å². The van der Waals surface area contributed by atoms with Crippen molar-refractivity contribution >= 4 is 29.9 Å². The van der Waals surface area contributed by atoms with Crippen LogP contribution < -0.4 is 10.2 Å². The SMILES string of the molecule is Cc1cc(F)ccc1-c1cc(C2CNC(=O)C2CO)ncc1N(C)C(=O)C(C)(C)c1cc(C(F)(F)F)cc(C(F)(F)F)c1.Cl. The van der Waals surface area contributed by atoms with Gasteiger partial charge in [0.15, 0.2) is 0 Å². The molecule has 1 saturated heterocycles. The van der Waals surface area contributed by atoms with Crippen LogP contribution >= 0.6 is 12.4 Å². The van der Waals surface area contributed by atoms with Crippen molar-refractivity contribution in [3.63, 3.8) is 0 Å². The quantitative estimate of drug-likeness (QED) is 0.303. The predicted octanol–water partition coefficient (Wildman–Crippen LogP) is 6.42. The molecular formula is C30H29ClF7N3O3. The molecule has 4 rings (SSSR count). The molecule has 1 fully saturated rings. The van der Waals surface area contributed by atoms with Crippen LogP contribution in [0.5, 0.6) is 0 Å².